The average Bonchev–Trinajstić information content (AvgIpc) is 2.38. The van der Waals surface area contributed by atoms with Crippen molar-refractivity contribution in [1.82, 2.24) is 4.72 Å². The third-order valence-electron chi connectivity index (χ3n) is 3.31. The van der Waals surface area contributed by atoms with Gasteiger partial charge in [0.05, 0.1) is 4.90 Å². The summed E-state index contributed by atoms with van der Waals surface area (Å²) in [5.74, 6) is 0. The highest BCUT2D eigenvalue weighted by Crippen LogP contribution is 2.15. The Morgan fingerprint density at radius 1 is 1.15 bits per heavy atom. The van der Waals surface area contributed by atoms with Gasteiger partial charge in [-0.15, -0.1) is 0 Å². The highest BCUT2D eigenvalue weighted by Gasteiger charge is 2.17. The fraction of sp³-hybridized carbons (Fsp3) is 0.600. The molecule has 3 N–H and O–H groups in total. The van der Waals surface area contributed by atoms with E-state index < -0.39 is 10.0 Å². The molecular formula is C15H26N2O2S. The van der Waals surface area contributed by atoms with E-state index in [1.165, 1.54) is 0 Å². The van der Waals surface area contributed by atoms with Gasteiger partial charge in [0.1, 0.15) is 0 Å². The molecule has 0 radical (unpaired) electrons. The van der Waals surface area contributed by atoms with E-state index in [9.17, 15) is 8.42 Å². The van der Waals surface area contributed by atoms with E-state index in [4.69, 9.17) is 5.73 Å². The predicted molar refractivity (Wildman–Crippen MR) is 83.0 cm³/mol. The van der Waals surface area contributed by atoms with E-state index in [2.05, 4.69) is 11.6 Å². The summed E-state index contributed by atoms with van der Waals surface area (Å²) in [7, 11) is -3.43. The lowest BCUT2D eigenvalue weighted by atomic mass is 10.1. The van der Waals surface area contributed by atoms with Crippen LogP contribution < -0.4 is 10.5 Å². The zero-order valence-electron chi connectivity index (χ0n) is 12.6. The Hall–Kier alpha value is -0.910. The maximum atomic E-state index is 12.2. The van der Waals surface area contributed by atoms with E-state index in [1.54, 1.807) is 24.3 Å². The van der Waals surface area contributed by atoms with Crippen LogP contribution in [-0.2, 0) is 10.0 Å². The monoisotopic (exact) mass is 298 g/mol. The van der Waals surface area contributed by atoms with Crippen molar-refractivity contribution in [1.29, 1.82) is 0 Å². The summed E-state index contributed by atoms with van der Waals surface area (Å²) in [6.45, 7) is 5.91. The van der Waals surface area contributed by atoms with Gasteiger partial charge in [0.15, 0.2) is 0 Å². The molecule has 0 amide bonds. The number of hydrogen-bond acceptors (Lipinski definition) is 3. The Labute approximate surface area is 122 Å². The summed E-state index contributed by atoms with van der Waals surface area (Å²) in [5.41, 5.74) is 6.69. The highest BCUT2D eigenvalue weighted by atomic mass is 32.2. The van der Waals surface area contributed by atoms with E-state index in [0.717, 1.165) is 31.2 Å². The summed E-state index contributed by atoms with van der Waals surface area (Å²) in [6.07, 6.45) is 4.18. The second-order valence-electron chi connectivity index (χ2n) is 5.38. The molecule has 1 aromatic rings. The lowest BCUT2D eigenvalue weighted by Gasteiger charge is -2.14. The summed E-state index contributed by atoms with van der Waals surface area (Å²) in [5, 5.41) is 0. The van der Waals surface area contributed by atoms with Gasteiger partial charge in [-0.25, -0.2) is 13.1 Å². The quantitative estimate of drug-likeness (QED) is 0.725. The lowest BCUT2D eigenvalue weighted by Crippen LogP contribution is -2.32. The summed E-state index contributed by atoms with van der Waals surface area (Å²) >= 11 is 0. The van der Waals surface area contributed by atoms with Crippen molar-refractivity contribution < 1.29 is 8.42 Å². The zero-order chi connectivity index (χ0) is 15.2. The number of benzene rings is 1. The molecule has 5 heteroatoms. The first-order chi connectivity index (χ1) is 9.36. The van der Waals surface area contributed by atoms with Gasteiger partial charge in [-0.05, 0) is 38.0 Å². The Morgan fingerprint density at radius 3 is 2.25 bits per heavy atom. The second-order valence-corrected chi connectivity index (χ2v) is 7.09. The van der Waals surface area contributed by atoms with Gasteiger partial charge in [-0.3, -0.25) is 0 Å². The largest absolute Gasteiger partial charge is 0.324 e. The summed E-state index contributed by atoms with van der Waals surface area (Å²) < 4.78 is 27.1. The van der Waals surface area contributed by atoms with Crippen LogP contribution in [0.5, 0.6) is 0 Å². The van der Waals surface area contributed by atoms with E-state index in [-0.39, 0.29) is 12.1 Å². The number of sulfonamides is 1. The summed E-state index contributed by atoms with van der Waals surface area (Å²) in [6, 6.07) is 6.62. The first-order valence-electron chi connectivity index (χ1n) is 7.24. The Morgan fingerprint density at radius 2 is 1.75 bits per heavy atom. The van der Waals surface area contributed by atoms with Crippen LogP contribution >= 0.6 is 0 Å². The Balaban J connectivity index is 2.68. The van der Waals surface area contributed by atoms with Crippen molar-refractivity contribution in [2.45, 2.75) is 63.4 Å². The van der Waals surface area contributed by atoms with Crippen LogP contribution in [0.25, 0.3) is 0 Å². The van der Waals surface area contributed by atoms with Crippen LogP contribution in [0.1, 0.15) is 58.1 Å². The van der Waals surface area contributed by atoms with Gasteiger partial charge in [0, 0.05) is 12.1 Å². The van der Waals surface area contributed by atoms with Crippen LogP contribution in [0.3, 0.4) is 0 Å². The highest BCUT2D eigenvalue weighted by molar-refractivity contribution is 7.89. The molecule has 0 spiro atoms. The molecule has 0 aliphatic heterocycles. The fourth-order valence-corrected chi connectivity index (χ4v) is 3.32. The van der Waals surface area contributed by atoms with Crippen molar-refractivity contribution in [3.63, 3.8) is 0 Å². The predicted octanol–water partition coefficient (Wildman–Crippen LogP) is 2.95. The minimum absolute atomic E-state index is 0.0420. The van der Waals surface area contributed by atoms with Crippen molar-refractivity contribution in [2.75, 3.05) is 0 Å². The minimum atomic E-state index is -3.43. The molecule has 20 heavy (non-hydrogen) atoms. The van der Waals surface area contributed by atoms with Gasteiger partial charge >= 0.3 is 0 Å². The smallest absolute Gasteiger partial charge is 0.240 e. The molecule has 0 fully saturated rings. The maximum absolute atomic E-state index is 12.2. The van der Waals surface area contributed by atoms with Crippen molar-refractivity contribution in [2.24, 2.45) is 5.73 Å². The topological polar surface area (TPSA) is 72.2 Å². The maximum Gasteiger partial charge on any atom is 0.240 e. The molecule has 1 rings (SSSR count). The molecule has 4 nitrogen and oxygen atoms in total. The molecule has 0 heterocycles. The third-order valence-corrected chi connectivity index (χ3v) is 4.92. The minimum Gasteiger partial charge on any atom is -0.324 e. The lowest BCUT2D eigenvalue weighted by molar-refractivity contribution is 0.527. The molecule has 0 aromatic heterocycles. The van der Waals surface area contributed by atoms with Gasteiger partial charge < -0.3 is 5.73 Å². The summed E-state index contributed by atoms with van der Waals surface area (Å²) in [4.78, 5) is 0.296. The first kappa shape index (κ1) is 17.1. The van der Waals surface area contributed by atoms with E-state index in [0.29, 0.717) is 4.90 Å². The number of unbranched alkanes of at least 4 members (excludes halogenated alkanes) is 2. The molecule has 2 unspecified atom stereocenters. The van der Waals surface area contributed by atoms with Gasteiger partial charge in [0.25, 0.3) is 0 Å². The normalized spacial score (nSPS) is 15.0. The van der Waals surface area contributed by atoms with E-state index in [1.807, 2.05) is 13.8 Å². The molecule has 2 atom stereocenters. The molecule has 0 aliphatic rings. The van der Waals surface area contributed by atoms with Crippen LogP contribution in [-0.4, -0.2) is 14.5 Å². The van der Waals surface area contributed by atoms with Crippen molar-refractivity contribution >= 4 is 10.0 Å². The molecule has 0 saturated heterocycles. The molecule has 0 bridgehead atoms. The van der Waals surface area contributed by atoms with Crippen LogP contribution in [0.2, 0.25) is 0 Å². The first-order valence-corrected chi connectivity index (χ1v) is 8.73. The number of nitrogens with two attached hydrogens (primary N) is 1. The van der Waals surface area contributed by atoms with Gasteiger partial charge in [-0.1, -0.05) is 38.3 Å². The molecule has 114 valence electrons. The number of rotatable bonds is 8. The van der Waals surface area contributed by atoms with Gasteiger partial charge in [0.2, 0.25) is 10.0 Å². The zero-order valence-corrected chi connectivity index (χ0v) is 13.4. The molecule has 1 aromatic carbocycles. The number of nitrogens with one attached hydrogen (secondary N) is 1. The van der Waals surface area contributed by atoms with Gasteiger partial charge in [-0.2, -0.15) is 0 Å². The fourth-order valence-electron chi connectivity index (χ4n) is 2.04. The number of hydrogen-bond donors (Lipinski definition) is 2. The molecule has 0 aliphatic carbocycles. The Kier molecular flexibility index (Phi) is 6.65. The van der Waals surface area contributed by atoms with Crippen LogP contribution in [0.4, 0.5) is 0 Å². The molecule has 0 saturated carbocycles. The van der Waals surface area contributed by atoms with E-state index >= 15 is 0 Å². The SMILES string of the molecule is CCCCCC(C)NS(=O)(=O)c1ccc(C(C)N)cc1. The average molecular weight is 298 g/mol. The molecular weight excluding hydrogens is 272 g/mol. The third kappa shape index (κ3) is 5.23. The Bertz CT molecular complexity index is 495. The second kappa shape index (κ2) is 7.76. The van der Waals surface area contributed by atoms with Crippen LogP contribution in [0.15, 0.2) is 29.2 Å². The van der Waals surface area contributed by atoms with Crippen molar-refractivity contribution in [3.8, 4) is 0 Å². The standard InChI is InChI=1S/C15H26N2O2S/c1-4-5-6-7-12(2)17-20(18,19)15-10-8-14(9-11-15)13(3)16/h8-13,17H,4-7,16H2,1-3H3. The van der Waals surface area contributed by atoms with Crippen LogP contribution in [0, 0.1) is 0 Å². The van der Waals surface area contributed by atoms with Crippen molar-refractivity contribution in [3.05, 3.63) is 29.8 Å².